The van der Waals surface area contributed by atoms with Crippen LogP contribution in [0, 0.1) is 5.92 Å². The molecule has 0 aliphatic heterocycles. The number of hydrogen-bond donors (Lipinski definition) is 2. The maximum Gasteiger partial charge on any atom is 0.0743 e. The third kappa shape index (κ3) is 2.87. The predicted molar refractivity (Wildman–Crippen MR) is 85.8 cm³/mol. The van der Waals surface area contributed by atoms with Crippen LogP contribution in [0.3, 0.4) is 0 Å². The number of fused-ring (bicyclic) bond motifs is 1. The standard InChI is InChI=1S/C17H23N3/c18-15-12-20-16-10-4-3-9-14(16)17(15)19-11-5-8-13-6-1-2-7-13/h3-4,9-10,12-13H,1-2,5-8,11,18H2,(H,19,20). The number of nitrogens with two attached hydrogens (primary N) is 1. The molecule has 106 valence electrons. The van der Waals surface area contributed by atoms with E-state index in [4.69, 9.17) is 5.73 Å². The van der Waals surface area contributed by atoms with Crippen molar-refractivity contribution in [3.8, 4) is 0 Å². The molecule has 3 nitrogen and oxygen atoms in total. The van der Waals surface area contributed by atoms with Gasteiger partial charge in [0, 0.05) is 11.9 Å². The molecule has 1 saturated carbocycles. The zero-order chi connectivity index (χ0) is 13.8. The second-order valence-electron chi connectivity index (χ2n) is 5.83. The highest BCUT2D eigenvalue weighted by molar-refractivity contribution is 5.96. The first-order valence-corrected chi connectivity index (χ1v) is 7.71. The van der Waals surface area contributed by atoms with Crippen LogP contribution in [0.4, 0.5) is 11.4 Å². The lowest BCUT2D eigenvalue weighted by molar-refractivity contribution is 0.491. The largest absolute Gasteiger partial charge is 0.396 e. The number of anilines is 2. The molecular weight excluding hydrogens is 246 g/mol. The number of rotatable bonds is 5. The van der Waals surface area contributed by atoms with Gasteiger partial charge in [-0.25, -0.2) is 0 Å². The van der Waals surface area contributed by atoms with E-state index >= 15 is 0 Å². The van der Waals surface area contributed by atoms with E-state index in [2.05, 4.69) is 16.4 Å². The summed E-state index contributed by atoms with van der Waals surface area (Å²) in [6.07, 6.45) is 10.0. The Morgan fingerprint density at radius 1 is 1.20 bits per heavy atom. The van der Waals surface area contributed by atoms with Crippen LogP contribution in [-0.4, -0.2) is 11.5 Å². The van der Waals surface area contributed by atoms with Crippen molar-refractivity contribution in [2.75, 3.05) is 17.6 Å². The van der Waals surface area contributed by atoms with Gasteiger partial charge in [0.25, 0.3) is 0 Å². The zero-order valence-corrected chi connectivity index (χ0v) is 11.9. The number of pyridine rings is 1. The average molecular weight is 269 g/mol. The molecule has 20 heavy (non-hydrogen) atoms. The summed E-state index contributed by atoms with van der Waals surface area (Å²) in [7, 11) is 0. The van der Waals surface area contributed by atoms with Crippen LogP contribution in [0.5, 0.6) is 0 Å². The smallest absolute Gasteiger partial charge is 0.0743 e. The highest BCUT2D eigenvalue weighted by Gasteiger charge is 2.14. The lowest BCUT2D eigenvalue weighted by Crippen LogP contribution is -2.07. The van der Waals surface area contributed by atoms with Crippen LogP contribution in [0.15, 0.2) is 30.5 Å². The first-order chi connectivity index (χ1) is 9.84. The molecule has 3 N–H and O–H groups in total. The van der Waals surface area contributed by atoms with E-state index < -0.39 is 0 Å². The molecule has 3 heteroatoms. The summed E-state index contributed by atoms with van der Waals surface area (Å²) < 4.78 is 0. The zero-order valence-electron chi connectivity index (χ0n) is 11.9. The van der Waals surface area contributed by atoms with Gasteiger partial charge in [-0.2, -0.15) is 0 Å². The van der Waals surface area contributed by atoms with Crippen molar-refractivity contribution in [2.45, 2.75) is 38.5 Å². The molecule has 1 aliphatic carbocycles. The van der Waals surface area contributed by atoms with E-state index in [1.165, 1.54) is 38.5 Å². The Morgan fingerprint density at radius 2 is 2.00 bits per heavy atom. The molecule has 0 saturated heterocycles. The van der Waals surface area contributed by atoms with Gasteiger partial charge in [-0.1, -0.05) is 43.9 Å². The average Bonchev–Trinajstić information content (AvgIpc) is 2.98. The lowest BCUT2D eigenvalue weighted by atomic mass is 10.0. The second kappa shape index (κ2) is 6.12. The van der Waals surface area contributed by atoms with Crippen molar-refractivity contribution in [2.24, 2.45) is 5.92 Å². The Bertz CT molecular complexity index is 573. The Hall–Kier alpha value is -1.77. The second-order valence-corrected chi connectivity index (χ2v) is 5.83. The van der Waals surface area contributed by atoms with Crippen molar-refractivity contribution in [1.82, 2.24) is 4.98 Å². The first kappa shape index (κ1) is 13.2. The number of nitrogens with one attached hydrogen (secondary N) is 1. The third-order valence-corrected chi connectivity index (χ3v) is 4.37. The molecule has 0 unspecified atom stereocenters. The van der Waals surface area contributed by atoms with E-state index in [1.54, 1.807) is 6.20 Å². The molecule has 1 aromatic carbocycles. The van der Waals surface area contributed by atoms with E-state index in [1.807, 2.05) is 18.2 Å². The number of aromatic nitrogens is 1. The third-order valence-electron chi connectivity index (χ3n) is 4.37. The van der Waals surface area contributed by atoms with Crippen LogP contribution in [-0.2, 0) is 0 Å². The minimum absolute atomic E-state index is 0.740. The van der Waals surface area contributed by atoms with Crippen molar-refractivity contribution >= 4 is 22.3 Å². The van der Waals surface area contributed by atoms with E-state index in [-0.39, 0.29) is 0 Å². The monoisotopic (exact) mass is 269 g/mol. The molecule has 1 heterocycles. The van der Waals surface area contributed by atoms with E-state index in [0.29, 0.717) is 0 Å². The maximum atomic E-state index is 6.07. The summed E-state index contributed by atoms with van der Waals surface area (Å²) in [4.78, 5) is 4.37. The van der Waals surface area contributed by atoms with Crippen molar-refractivity contribution in [3.05, 3.63) is 30.5 Å². The fourth-order valence-electron chi connectivity index (χ4n) is 3.26. The van der Waals surface area contributed by atoms with Crippen LogP contribution in [0.2, 0.25) is 0 Å². The van der Waals surface area contributed by atoms with Gasteiger partial charge >= 0.3 is 0 Å². The Kier molecular flexibility index (Phi) is 4.05. The van der Waals surface area contributed by atoms with Crippen molar-refractivity contribution in [1.29, 1.82) is 0 Å². The molecule has 0 bridgehead atoms. The van der Waals surface area contributed by atoms with Crippen molar-refractivity contribution in [3.63, 3.8) is 0 Å². The van der Waals surface area contributed by atoms with Gasteiger partial charge in [0.1, 0.15) is 0 Å². The molecule has 0 amide bonds. The first-order valence-electron chi connectivity index (χ1n) is 7.71. The van der Waals surface area contributed by atoms with Gasteiger partial charge in [0.2, 0.25) is 0 Å². The Morgan fingerprint density at radius 3 is 2.85 bits per heavy atom. The van der Waals surface area contributed by atoms with Crippen LogP contribution in [0.25, 0.3) is 10.9 Å². The quantitative estimate of drug-likeness (QED) is 0.800. The van der Waals surface area contributed by atoms with Gasteiger partial charge in [0.05, 0.1) is 23.1 Å². The summed E-state index contributed by atoms with van der Waals surface area (Å²) in [5.41, 5.74) is 8.85. The summed E-state index contributed by atoms with van der Waals surface area (Å²) in [5, 5.41) is 4.63. The SMILES string of the molecule is Nc1cnc2ccccc2c1NCCCC1CCCC1. The number of nitrogen functional groups attached to an aromatic ring is 1. The molecule has 1 aliphatic rings. The summed E-state index contributed by atoms with van der Waals surface area (Å²) in [6.45, 7) is 0.995. The Balaban J connectivity index is 1.63. The molecular formula is C17H23N3. The number of hydrogen-bond acceptors (Lipinski definition) is 3. The molecule has 0 atom stereocenters. The number of benzene rings is 1. The highest BCUT2D eigenvalue weighted by Crippen LogP contribution is 2.30. The number of para-hydroxylation sites is 1. The van der Waals surface area contributed by atoms with Crippen LogP contribution < -0.4 is 11.1 Å². The van der Waals surface area contributed by atoms with Gasteiger partial charge in [-0.05, 0) is 24.8 Å². The molecule has 1 aromatic heterocycles. The van der Waals surface area contributed by atoms with Crippen LogP contribution in [0.1, 0.15) is 38.5 Å². The Labute approximate surface area is 120 Å². The fourth-order valence-corrected chi connectivity index (χ4v) is 3.26. The van der Waals surface area contributed by atoms with Gasteiger partial charge in [0.15, 0.2) is 0 Å². The minimum Gasteiger partial charge on any atom is -0.396 e. The van der Waals surface area contributed by atoms with Gasteiger partial charge in [-0.3, -0.25) is 4.98 Å². The van der Waals surface area contributed by atoms with E-state index in [0.717, 1.165) is 34.7 Å². The highest BCUT2D eigenvalue weighted by atomic mass is 14.9. The van der Waals surface area contributed by atoms with E-state index in [9.17, 15) is 0 Å². The van der Waals surface area contributed by atoms with Gasteiger partial charge in [-0.15, -0.1) is 0 Å². The molecule has 1 fully saturated rings. The minimum atomic E-state index is 0.740. The lowest BCUT2D eigenvalue weighted by Gasteiger charge is -2.13. The summed E-state index contributed by atoms with van der Waals surface area (Å²) in [6, 6.07) is 8.15. The molecule has 3 rings (SSSR count). The van der Waals surface area contributed by atoms with Crippen molar-refractivity contribution < 1.29 is 0 Å². The topological polar surface area (TPSA) is 50.9 Å². The van der Waals surface area contributed by atoms with Gasteiger partial charge < -0.3 is 11.1 Å². The molecule has 0 spiro atoms. The maximum absolute atomic E-state index is 6.07. The number of nitrogens with zero attached hydrogens (tertiary/aromatic N) is 1. The van der Waals surface area contributed by atoms with Crippen LogP contribution >= 0.6 is 0 Å². The summed E-state index contributed by atoms with van der Waals surface area (Å²) in [5.74, 6) is 0.961. The predicted octanol–water partition coefficient (Wildman–Crippen LogP) is 4.20. The fraction of sp³-hybridized carbons (Fsp3) is 0.471. The summed E-state index contributed by atoms with van der Waals surface area (Å²) >= 11 is 0. The molecule has 0 radical (unpaired) electrons. The molecule has 2 aromatic rings. The normalized spacial score (nSPS) is 15.8.